The molecular formula is C8H17NO2. The minimum absolute atomic E-state index is 0.470. The first kappa shape index (κ1) is 10.4. The molecule has 11 heavy (non-hydrogen) atoms. The van der Waals surface area contributed by atoms with Crippen molar-refractivity contribution in [2.45, 2.75) is 39.2 Å². The molecule has 0 aromatic rings. The van der Waals surface area contributed by atoms with Gasteiger partial charge in [-0.25, -0.2) is 0 Å². The Morgan fingerprint density at radius 1 is 1.73 bits per heavy atom. The highest BCUT2D eigenvalue weighted by Gasteiger charge is 2.30. The Balaban J connectivity index is 4.16. The van der Waals surface area contributed by atoms with Gasteiger partial charge in [-0.2, -0.15) is 0 Å². The van der Waals surface area contributed by atoms with E-state index in [1.807, 2.05) is 6.92 Å². The van der Waals surface area contributed by atoms with Crippen molar-refractivity contribution in [1.82, 2.24) is 0 Å². The van der Waals surface area contributed by atoms with E-state index in [1.54, 1.807) is 13.8 Å². The number of hydrogen-bond acceptors (Lipinski definition) is 2. The molecule has 0 rings (SSSR count). The maximum Gasteiger partial charge on any atom is 0.308 e. The van der Waals surface area contributed by atoms with E-state index in [1.165, 1.54) is 0 Å². The third kappa shape index (κ3) is 2.89. The number of hydrogen-bond donors (Lipinski definition) is 2. The molecule has 0 saturated carbocycles. The SMILES string of the molecule is CCCC(C)(N)C(C)C(=O)O. The predicted molar refractivity (Wildman–Crippen MR) is 44.3 cm³/mol. The average Bonchev–Trinajstić information content (AvgIpc) is 1.86. The largest absolute Gasteiger partial charge is 0.481 e. The quantitative estimate of drug-likeness (QED) is 0.648. The molecule has 0 radical (unpaired) electrons. The summed E-state index contributed by atoms with van der Waals surface area (Å²) in [4.78, 5) is 10.5. The molecule has 0 heterocycles. The Morgan fingerprint density at radius 3 is 2.45 bits per heavy atom. The summed E-state index contributed by atoms with van der Waals surface area (Å²) in [5.41, 5.74) is 5.22. The third-order valence-corrected chi connectivity index (χ3v) is 2.15. The molecule has 0 spiro atoms. The lowest BCUT2D eigenvalue weighted by Crippen LogP contribution is -2.46. The van der Waals surface area contributed by atoms with Crippen molar-refractivity contribution in [3.8, 4) is 0 Å². The lowest BCUT2D eigenvalue weighted by Gasteiger charge is -2.28. The molecule has 0 fully saturated rings. The van der Waals surface area contributed by atoms with Crippen molar-refractivity contribution in [3.63, 3.8) is 0 Å². The molecule has 0 aromatic heterocycles. The van der Waals surface area contributed by atoms with Gasteiger partial charge in [-0.15, -0.1) is 0 Å². The van der Waals surface area contributed by atoms with Crippen LogP contribution in [-0.2, 0) is 4.79 Å². The Labute approximate surface area is 67.6 Å². The van der Waals surface area contributed by atoms with Crippen molar-refractivity contribution in [2.24, 2.45) is 11.7 Å². The number of nitrogens with two attached hydrogens (primary N) is 1. The van der Waals surface area contributed by atoms with Crippen LogP contribution in [0.3, 0.4) is 0 Å². The molecule has 0 aliphatic rings. The molecule has 3 N–H and O–H groups in total. The molecule has 2 unspecified atom stereocenters. The zero-order chi connectivity index (χ0) is 9.07. The summed E-state index contributed by atoms with van der Waals surface area (Å²) in [5.74, 6) is -1.29. The topological polar surface area (TPSA) is 63.3 Å². The van der Waals surface area contributed by atoms with Crippen molar-refractivity contribution in [3.05, 3.63) is 0 Å². The molecule has 3 heteroatoms. The Bertz CT molecular complexity index is 143. The standard InChI is InChI=1S/C8H17NO2/c1-4-5-8(3,9)6(2)7(10)11/h6H,4-5,9H2,1-3H3,(H,10,11). The highest BCUT2D eigenvalue weighted by molar-refractivity contribution is 5.71. The summed E-state index contributed by atoms with van der Waals surface area (Å²) in [7, 11) is 0. The predicted octanol–water partition coefficient (Wildman–Crippen LogP) is 1.22. The van der Waals surface area contributed by atoms with Crippen LogP contribution in [0.5, 0.6) is 0 Å². The van der Waals surface area contributed by atoms with Crippen LogP contribution in [0.2, 0.25) is 0 Å². The first-order chi connectivity index (χ1) is 4.91. The number of carbonyl (C=O) groups is 1. The number of carboxylic acid groups (broad SMARTS) is 1. The lowest BCUT2D eigenvalue weighted by molar-refractivity contribution is -0.143. The molecule has 0 amide bonds. The van der Waals surface area contributed by atoms with Crippen molar-refractivity contribution < 1.29 is 9.90 Å². The zero-order valence-electron chi connectivity index (χ0n) is 7.42. The summed E-state index contributed by atoms with van der Waals surface area (Å²) in [5, 5.41) is 8.66. The Kier molecular flexibility index (Phi) is 3.52. The van der Waals surface area contributed by atoms with Crippen LogP contribution in [-0.4, -0.2) is 16.6 Å². The average molecular weight is 159 g/mol. The first-order valence-electron chi connectivity index (χ1n) is 3.93. The van der Waals surface area contributed by atoms with Crippen LogP contribution in [0.4, 0.5) is 0 Å². The van der Waals surface area contributed by atoms with E-state index in [9.17, 15) is 4.79 Å². The molecule has 0 aliphatic heterocycles. The van der Waals surface area contributed by atoms with Crippen molar-refractivity contribution >= 4 is 5.97 Å². The molecule has 0 saturated heterocycles. The molecule has 66 valence electrons. The van der Waals surface area contributed by atoms with Crippen LogP contribution < -0.4 is 5.73 Å². The summed E-state index contributed by atoms with van der Waals surface area (Å²) < 4.78 is 0. The second-order valence-electron chi connectivity index (χ2n) is 3.32. The molecular weight excluding hydrogens is 142 g/mol. The maximum absolute atomic E-state index is 10.5. The fourth-order valence-corrected chi connectivity index (χ4v) is 1.04. The van der Waals surface area contributed by atoms with E-state index in [4.69, 9.17) is 10.8 Å². The smallest absolute Gasteiger partial charge is 0.308 e. The van der Waals surface area contributed by atoms with Gasteiger partial charge >= 0.3 is 5.97 Å². The fraction of sp³-hybridized carbons (Fsp3) is 0.875. The monoisotopic (exact) mass is 159 g/mol. The highest BCUT2D eigenvalue weighted by atomic mass is 16.4. The number of rotatable bonds is 4. The normalized spacial score (nSPS) is 18.9. The lowest BCUT2D eigenvalue weighted by atomic mass is 9.84. The Morgan fingerprint density at radius 2 is 2.18 bits per heavy atom. The van der Waals surface area contributed by atoms with Gasteiger partial charge in [0.15, 0.2) is 0 Å². The zero-order valence-corrected chi connectivity index (χ0v) is 7.42. The van der Waals surface area contributed by atoms with E-state index in [0.717, 1.165) is 12.8 Å². The van der Waals surface area contributed by atoms with Crippen LogP contribution in [0.25, 0.3) is 0 Å². The minimum atomic E-state index is -0.816. The Hall–Kier alpha value is -0.570. The van der Waals surface area contributed by atoms with Gasteiger partial charge in [0.1, 0.15) is 0 Å². The molecule has 3 nitrogen and oxygen atoms in total. The first-order valence-corrected chi connectivity index (χ1v) is 3.93. The van der Waals surface area contributed by atoms with Crippen LogP contribution in [0.1, 0.15) is 33.6 Å². The fourth-order valence-electron chi connectivity index (χ4n) is 1.04. The van der Waals surface area contributed by atoms with Gasteiger partial charge in [-0.1, -0.05) is 20.3 Å². The molecule has 0 aromatic carbocycles. The van der Waals surface area contributed by atoms with E-state index >= 15 is 0 Å². The van der Waals surface area contributed by atoms with Gasteiger partial charge < -0.3 is 10.8 Å². The van der Waals surface area contributed by atoms with Gasteiger partial charge in [0.05, 0.1) is 5.92 Å². The molecule has 0 aliphatic carbocycles. The van der Waals surface area contributed by atoms with E-state index in [-0.39, 0.29) is 0 Å². The van der Waals surface area contributed by atoms with Crippen LogP contribution >= 0.6 is 0 Å². The summed E-state index contributed by atoms with van der Waals surface area (Å²) in [6.45, 7) is 5.44. The minimum Gasteiger partial charge on any atom is -0.481 e. The maximum atomic E-state index is 10.5. The van der Waals surface area contributed by atoms with Crippen molar-refractivity contribution in [1.29, 1.82) is 0 Å². The van der Waals surface area contributed by atoms with Gasteiger partial charge in [0, 0.05) is 5.54 Å². The highest BCUT2D eigenvalue weighted by Crippen LogP contribution is 2.19. The molecule has 2 atom stereocenters. The van der Waals surface area contributed by atoms with Crippen LogP contribution in [0, 0.1) is 5.92 Å². The van der Waals surface area contributed by atoms with E-state index < -0.39 is 17.4 Å². The van der Waals surface area contributed by atoms with Crippen LogP contribution in [0.15, 0.2) is 0 Å². The van der Waals surface area contributed by atoms with Gasteiger partial charge in [-0.05, 0) is 13.3 Å². The van der Waals surface area contributed by atoms with E-state index in [0.29, 0.717) is 0 Å². The second kappa shape index (κ2) is 3.72. The van der Waals surface area contributed by atoms with Crippen molar-refractivity contribution in [2.75, 3.05) is 0 Å². The van der Waals surface area contributed by atoms with Gasteiger partial charge in [0.25, 0.3) is 0 Å². The third-order valence-electron chi connectivity index (χ3n) is 2.15. The summed E-state index contributed by atoms with van der Waals surface area (Å²) >= 11 is 0. The van der Waals surface area contributed by atoms with Gasteiger partial charge in [0.2, 0.25) is 0 Å². The number of carboxylic acids is 1. The van der Waals surface area contributed by atoms with E-state index in [2.05, 4.69) is 0 Å². The summed E-state index contributed by atoms with van der Waals surface area (Å²) in [6.07, 6.45) is 1.67. The molecule has 0 bridgehead atoms. The number of aliphatic carboxylic acids is 1. The van der Waals surface area contributed by atoms with Gasteiger partial charge in [-0.3, -0.25) is 4.79 Å². The second-order valence-corrected chi connectivity index (χ2v) is 3.32. The summed E-state index contributed by atoms with van der Waals surface area (Å²) in [6, 6.07) is 0.